The van der Waals surface area contributed by atoms with Gasteiger partial charge in [0.05, 0.1) is 11.8 Å². The molecule has 1 atom stereocenters. The highest BCUT2D eigenvalue weighted by Crippen LogP contribution is 2.25. The lowest BCUT2D eigenvalue weighted by Crippen LogP contribution is -2.25. The highest BCUT2D eigenvalue weighted by Gasteiger charge is 2.17. The molecule has 3 N–H and O–H groups in total. The lowest BCUT2D eigenvalue weighted by molar-refractivity contribution is -0.125. The lowest BCUT2D eigenvalue weighted by atomic mass is 10.1. The van der Waals surface area contributed by atoms with Crippen LogP contribution in [-0.4, -0.2) is 17.9 Å². The number of benzene rings is 1. The molecule has 2 amide bonds. The van der Waals surface area contributed by atoms with Crippen LogP contribution in [-0.2, 0) is 9.59 Å². The number of amides is 2. The molecular formula is C14H20N2O3. The number of carbonyl (C=O) groups excluding carboxylic acids is 2. The van der Waals surface area contributed by atoms with Crippen molar-refractivity contribution < 1.29 is 14.3 Å². The normalized spacial score (nSPS) is 12.0. The van der Waals surface area contributed by atoms with E-state index in [4.69, 9.17) is 10.5 Å². The van der Waals surface area contributed by atoms with Crippen molar-refractivity contribution >= 4 is 17.5 Å². The van der Waals surface area contributed by atoms with E-state index >= 15 is 0 Å². The second-order valence-electron chi connectivity index (χ2n) is 4.72. The number of para-hydroxylation sites is 2. The number of hydrogen-bond acceptors (Lipinski definition) is 3. The standard InChI is InChI=1S/C14H20N2O3/c1-9(2)19-12-7-5-4-6-11(12)16-14(18)10(3)8-13(15)17/h4-7,9-10H,8H2,1-3H3,(H2,15,17)(H,16,18). The van der Waals surface area contributed by atoms with Crippen molar-refractivity contribution in [3.05, 3.63) is 24.3 Å². The van der Waals surface area contributed by atoms with E-state index < -0.39 is 11.8 Å². The first-order chi connectivity index (χ1) is 8.90. The van der Waals surface area contributed by atoms with Gasteiger partial charge >= 0.3 is 0 Å². The molecule has 0 radical (unpaired) electrons. The van der Waals surface area contributed by atoms with E-state index in [0.29, 0.717) is 11.4 Å². The Morgan fingerprint density at radius 3 is 2.47 bits per heavy atom. The number of hydrogen-bond donors (Lipinski definition) is 2. The van der Waals surface area contributed by atoms with Gasteiger partial charge in [0, 0.05) is 12.3 Å². The second kappa shape index (κ2) is 6.78. The maximum atomic E-state index is 11.9. The van der Waals surface area contributed by atoms with Gasteiger partial charge in [0.2, 0.25) is 11.8 Å². The third-order valence-electron chi connectivity index (χ3n) is 2.46. The molecule has 0 bridgehead atoms. The molecule has 19 heavy (non-hydrogen) atoms. The minimum atomic E-state index is -0.491. The molecule has 104 valence electrons. The van der Waals surface area contributed by atoms with Crippen molar-refractivity contribution in [1.29, 1.82) is 0 Å². The van der Waals surface area contributed by atoms with Crippen LogP contribution in [0.2, 0.25) is 0 Å². The van der Waals surface area contributed by atoms with Gasteiger partial charge in [0.15, 0.2) is 0 Å². The molecule has 0 saturated carbocycles. The van der Waals surface area contributed by atoms with Gasteiger partial charge in [-0.05, 0) is 26.0 Å². The number of ether oxygens (including phenoxy) is 1. The van der Waals surface area contributed by atoms with Gasteiger partial charge in [-0.2, -0.15) is 0 Å². The summed E-state index contributed by atoms with van der Waals surface area (Å²) in [5, 5.41) is 2.75. The van der Waals surface area contributed by atoms with Gasteiger partial charge in [0.25, 0.3) is 0 Å². The van der Waals surface area contributed by atoms with Gasteiger partial charge < -0.3 is 15.8 Å². The third kappa shape index (κ3) is 4.99. The van der Waals surface area contributed by atoms with E-state index in [1.807, 2.05) is 26.0 Å². The highest BCUT2D eigenvalue weighted by molar-refractivity contribution is 5.95. The number of anilines is 1. The summed E-state index contributed by atoms with van der Waals surface area (Å²) in [7, 11) is 0. The molecule has 1 aromatic carbocycles. The Bertz CT molecular complexity index is 458. The Labute approximate surface area is 113 Å². The second-order valence-corrected chi connectivity index (χ2v) is 4.72. The van der Waals surface area contributed by atoms with E-state index in [9.17, 15) is 9.59 Å². The van der Waals surface area contributed by atoms with Gasteiger partial charge in [-0.1, -0.05) is 19.1 Å². The molecule has 1 aromatic rings. The van der Waals surface area contributed by atoms with Crippen LogP contribution < -0.4 is 15.8 Å². The van der Waals surface area contributed by atoms with E-state index in [1.165, 1.54) is 0 Å². The van der Waals surface area contributed by atoms with Crippen LogP contribution in [0.5, 0.6) is 5.75 Å². The minimum Gasteiger partial charge on any atom is -0.489 e. The first-order valence-electron chi connectivity index (χ1n) is 6.25. The van der Waals surface area contributed by atoms with Crippen LogP contribution in [0.4, 0.5) is 5.69 Å². The Morgan fingerprint density at radius 1 is 1.26 bits per heavy atom. The predicted molar refractivity (Wildman–Crippen MR) is 73.8 cm³/mol. The van der Waals surface area contributed by atoms with Crippen molar-refractivity contribution in [2.75, 3.05) is 5.32 Å². The van der Waals surface area contributed by atoms with Gasteiger partial charge in [-0.25, -0.2) is 0 Å². The quantitative estimate of drug-likeness (QED) is 0.823. The Morgan fingerprint density at radius 2 is 1.89 bits per heavy atom. The molecule has 5 nitrogen and oxygen atoms in total. The largest absolute Gasteiger partial charge is 0.489 e. The van der Waals surface area contributed by atoms with Crippen LogP contribution in [0.3, 0.4) is 0 Å². The number of rotatable bonds is 6. The number of primary amides is 1. The number of nitrogens with one attached hydrogen (secondary N) is 1. The molecule has 0 heterocycles. The monoisotopic (exact) mass is 264 g/mol. The third-order valence-corrected chi connectivity index (χ3v) is 2.46. The van der Waals surface area contributed by atoms with E-state index in [-0.39, 0.29) is 18.4 Å². The lowest BCUT2D eigenvalue weighted by Gasteiger charge is -2.16. The Balaban J connectivity index is 2.76. The maximum Gasteiger partial charge on any atom is 0.227 e. The summed E-state index contributed by atoms with van der Waals surface area (Å²) in [5.74, 6) is -0.602. The fourth-order valence-electron chi connectivity index (χ4n) is 1.58. The van der Waals surface area contributed by atoms with Crippen molar-refractivity contribution in [2.24, 2.45) is 11.7 Å². The summed E-state index contributed by atoms with van der Waals surface area (Å²) < 4.78 is 5.60. The van der Waals surface area contributed by atoms with Crippen LogP contribution in [0.15, 0.2) is 24.3 Å². The summed E-state index contributed by atoms with van der Waals surface area (Å²) in [6.45, 7) is 5.48. The average molecular weight is 264 g/mol. The smallest absolute Gasteiger partial charge is 0.227 e. The van der Waals surface area contributed by atoms with Crippen LogP contribution in [0.25, 0.3) is 0 Å². The molecule has 0 aliphatic rings. The molecule has 5 heteroatoms. The molecule has 0 spiro atoms. The van der Waals surface area contributed by atoms with Crippen LogP contribution >= 0.6 is 0 Å². The maximum absolute atomic E-state index is 11.9. The molecule has 0 fully saturated rings. The van der Waals surface area contributed by atoms with Gasteiger partial charge in [-0.3, -0.25) is 9.59 Å². The van der Waals surface area contributed by atoms with Gasteiger partial charge in [-0.15, -0.1) is 0 Å². The molecule has 1 rings (SSSR count). The van der Waals surface area contributed by atoms with Crippen molar-refractivity contribution in [3.63, 3.8) is 0 Å². The fraction of sp³-hybridized carbons (Fsp3) is 0.429. The summed E-state index contributed by atoms with van der Waals surface area (Å²) in [6, 6.07) is 7.18. The minimum absolute atomic E-state index is 0.0149. The number of carbonyl (C=O) groups is 2. The van der Waals surface area contributed by atoms with Crippen molar-refractivity contribution in [3.8, 4) is 5.75 Å². The first-order valence-corrected chi connectivity index (χ1v) is 6.25. The average Bonchev–Trinajstić information content (AvgIpc) is 2.30. The molecule has 0 saturated heterocycles. The summed E-state index contributed by atoms with van der Waals surface area (Å²) in [6.07, 6.45) is 0.0417. The zero-order valence-corrected chi connectivity index (χ0v) is 11.5. The highest BCUT2D eigenvalue weighted by atomic mass is 16.5. The van der Waals surface area contributed by atoms with Gasteiger partial charge in [0.1, 0.15) is 5.75 Å². The summed E-state index contributed by atoms with van der Waals surface area (Å²) in [5.41, 5.74) is 5.67. The van der Waals surface area contributed by atoms with Crippen LogP contribution in [0, 0.1) is 5.92 Å². The van der Waals surface area contributed by atoms with Crippen molar-refractivity contribution in [2.45, 2.75) is 33.3 Å². The molecule has 0 aromatic heterocycles. The first kappa shape index (κ1) is 15.0. The van der Waals surface area contributed by atoms with E-state index in [0.717, 1.165) is 0 Å². The zero-order chi connectivity index (χ0) is 14.4. The Kier molecular flexibility index (Phi) is 5.36. The van der Waals surface area contributed by atoms with E-state index in [1.54, 1.807) is 19.1 Å². The topological polar surface area (TPSA) is 81.4 Å². The predicted octanol–water partition coefficient (Wildman–Crippen LogP) is 1.92. The molecule has 0 aliphatic carbocycles. The summed E-state index contributed by atoms with van der Waals surface area (Å²) in [4.78, 5) is 22.7. The van der Waals surface area contributed by atoms with E-state index in [2.05, 4.69) is 5.32 Å². The molecular weight excluding hydrogens is 244 g/mol. The Hall–Kier alpha value is -2.04. The molecule has 1 unspecified atom stereocenters. The zero-order valence-electron chi connectivity index (χ0n) is 11.5. The number of nitrogens with two attached hydrogens (primary N) is 1. The molecule has 0 aliphatic heterocycles. The SMILES string of the molecule is CC(C)Oc1ccccc1NC(=O)C(C)CC(N)=O. The fourth-order valence-corrected chi connectivity index (χ4v) is 1.58. The van der Waals surface area contributed by atoms with Crippen LogP contribution in [0.1, 0.15) is 27.2 Å². The van der Waals surface area contributed by atoms with Crippen molar-refractivity contribution in [1.82, 2.24) is 0 Å². The summed E-state index contributed by atoms with van der Waals surface area (Å²) >= 11 is 0.